The maximum Gasteiger partial charge on any atom is 0.123 e. The van der Waals surface area contributed by atoms with Crippen molar-refractivity contribution in [2.24, 2.45) is 0 Å². The summed E-state index contributed by atoms with van der Waals surface area (Å²) in [5, 5.41) is 7.71. The van der Waals surface area contributed by atoms with Crippen LogP contribution in [-0.4, -0.2) is 22.0 Å². The molecule has 2 aromatic carbocycles. The highest BCUT2D eigenvalue weighted by molar-refractivity contribution is 5.95. The molecule has 5 rings (SSSR count). The van der Waals surface area contributed by atoms with Gasteiger partial charge in [0.15, 0.2) is 0 Å². The first kappa shape index (κ1) is 27.2. The van der Waals surface area contributed by atoms with Crippen LogP contribution < -0.4 is 10.6 Å². The van der Waals surface area contributed by atoms with Gasteiger partial charge >= 0.3 is 0 Å². The number of aromatic amines is 1. The Hall–Kier alpha value is -4.89. The zero-order valence-corrected chi connectivity index (χ0v) is 22.3. The highest BCUT2D eigenvalue weighted by Crippen LogP contribution is 2.31. The molecule has 0 fully saturated rings. The minimum absolute atomic E-state index is 0.237. The van der Waals surface area contributed by atoms with E-state index in [1.54, 1.807) is 6.20 Å². The molecule has 0 aliphatic rings. The van der Waals surface area contributed by atoms with Crippen LogP contribution in [0.15, 0.2) is 91.4 Å². The van der Waals surface area contributed by atoms with Gasteiger partial charge in [0.1, 0.15) is 5.82 Å². The standard InChI is InChI=1S/C31H30FN5.C2H2/c1-4-6-20(2)35-25-15-22(18-34-19-25)28-13-14-30(33-3)31(37-28)17-24-16-27-26(7-5-8-29(27)36-24)21-9-11-23(32)12-10-21;1-2/h5,7-16,18-19,33,35-36H,2,4,6,17H2,1,3H3;1-2H. The zero-order chi connectivity index (χ0) is 27.8. The fourth-order valence-electron chi connectivity index (χ4n) is 4.61. The van der Waals surface area contributed by atoms with Crippen molar-refractivity contribution in [2.45, 2.75) is 26.2 Å². The summed E-state index contributed by atoms with van der Waals surface area (Å²) < 4.78 is 13.5. The van der Waals surface area contributed by atoms with Crippen molar-refractivity contribution < 1.29 is 4.39 Å². The van der Waals surface area contributed by atoms with Crippen molar-refractivity contribution in [3.63, 3.8) is 0 Å². The third-order valence-corrected chi connectivity index (χ3v) is 6.38. The van der Waals surface area contributed by atoms with E-state index in [9.17, 15) is 4.39 Å². The molecule has 0 aliphatic carbocycles. The molecule has 0 atom stereocenters. The fourth-order valence-corrected chi connectivity index (χ4v) is 4.61. The molecule has 5 aromatic rings. The number of anilines is 2. The van der Waals surface area contributed by atoms with Gasteiger partial charge in [-0.25, -0.2) is 4.39 Å². The molecule has 0 saturated carbocycles. The van der Waals surface area contributed by atoms with Crippen molar-refractivity contribution in [1.82, 2.24) is 15.0 Å². The van der Waals surface area contributed by atoms with E-state index in [4.69, 9.17) is 4.98 Å². The van der Waals surface area contributed by atoms with Crippen molar-refractivity contribution in [1.29, 1.82) is 0 Å². The molecule has 39 heavy (non-hydrogen) atoms. The van der Waals surface area contributed by atoms with Gasteiger partial charge in [0, 0.05) is 47.5 Å². The van der Waals surface area contributed by atoms with Crippen LogP contribution in [0.4, 0.5) is 15.8 Å². The second-order valence-electron chi connectivity index (χ2n) is 9.13. The molecule has 0 spiro atoms. The van der Waals surface area contributed by atoms with Gasteiger partial charge in [-0.1, -0.05) is 44.2 Å². The van der Waals surface area contributed by atoms with E-state index in [2.05, 4.69) is 77.3 Å². The Morgan fingerprint density at radius 2 is 1.79 bits per heavy atom. The van der Waals surface area contributed by atoms with Crippen LogP contribution in [0.25, 0.3) is 33.3 Å². The molecule has 3 aromatic heterocycles. The van der Waals surface area contributed by atoms with Crippen molar-refractivity contribution >= 4 is 22.3 Å². The van der Waals surface area contributed by atoms with Gasteiger partial charge < -0.3 is 15.6 Å². The van der Waals surface area contributed by atoms with Crippen LogP contribution in [0, 0.1) is 18.7 Å². The number of pyridine rings is 2. The van der Waals surface area contributed by atoms with E-state index in [1.165, 1.54) is 12.1 Å². The van der Waals surface area contributed by atoms with E-state index in [1.807, 2.05) is 37.5 Å². The lowest BCUT2D eigenvalue weighted by molar-refractivity contribution is 0.628. The lowest BCUT2D eigenvalue weighted by Crippen LogP contribution is -2.02. The average molecular weight is 518 g/mol. The number of aromatic nitrogens is 3. The summed E-state index contributed by atoms with van der Waals surface area (Å²) in [6, 6.07) is 21.0. The van der Waals surface area contributed by atoms with Gasteiger partial charge in [0.2, 0.25) is 0 Å². The first-order valence-electron chi connectivity index (χ1n) is 12.8. The van der Waals surface area contributed by atoms with E-state index in [0.717, 1.165) is 74.6 Å². The number of benzene rings is 2. The number of rotatable bonds is 9. The van der Waals surface area contributed by atoms with Gasteiger partial charge in [-0.3, -0.25) is 9.97 Å². The third kappa shape index (κ3) is 6.34. The normalized spacial score (nSPS) is 10.5. The largest absolute Gasteiger partial charge is 0.387 e. The molecule has 5 nitrogen and oxygen atoms in total. The summed E-state index contributed by atoms with van der Waals surface area (Å²) in [7, 11) is 1.91. The number of H-pyrrole nitrogens is 1. The number of halogens is 1. The predicted octanol–water partition coefficient (Wildman–Crippen LogP) is 8.04. The summed E-state index contributed by atoms with van der Waals surface area (Å²) in [5.41, 5.74) is 9.71. The van der Waals surface area contributed by atoms with Crippen LogP contribution in [0.1, 0.15) is 31.2 Å². The van der Waals surface area contributed by atoms with Crippen LogP contribution in [0.3, 0.4) is 0 Å². The van der Waals surface area contributed by atoms with E-state index >= 15 is 0 Å². The smallest absolute Gasteiger partial charge is 0.123 e. The monoisotopic (exact) mass is 517 g/mol. The Kier molecular flexibility index (Phi) is 8.75. The number of allylic oxidation sites excluding steroid dienone is 1. The van der Waals surface area contributed by atoms with Gasteiger partial charge in [0.25, 0.3) is 0 Å². The average Bonchev–Trinajstić information content (AvgIpc) is 3.37. The molecule has 0 unspecified atom stereocenters. The van der Waals surface area contributed by atoms with Crippen molar-refractivity contribution in [3.05, 3.63) is 109 Å². The Balaban J connectivity index is 0.00000172. The maximum absolute atomic E-state index is 13.5. The zero-order valence-electron chi connectivity index (χ0n) is 22.3. The topological polar surface area (TPSA) is 65.6 Å². The number of fused-ring (bicyclic) bond motifs is 1. The van der Waals surface area contributed by atoms with Crippen LogP contribution in [0.5, 0.6) is 0 Å². The summed E-state index contributed by atoms with van der Waals surface area (Å²) in [4.78, 5) is 13.0. The molecule has 0 amide bonds. The number of nitrogens with zero attached hydrogens (tertiary/aromatic N) is 2. The van der Waals surface area contributed by atoms with Crippen LogP contribution in [-0.2, 0) is 6.42 Å². The molecule has 0 aliphatic heterocycles. The Morgan fingerprint density at radius 3 is 2.54 bits per heavy atom. The molecule has 3 N–H and O–H groups in total. The minimum atomic E-state index is -0.237. The van der Waals surface area contributed by atoms with Gasteiger partial charge in [-0.15, -0.1) is 12.8 Å². The minimum Gasteiger partial charge on any atom is -0.387 e. The third-order valence-electron chi connectivity index (χ3n) is 6.38. The van der Waals surface area contributed by atoms with E-state index < -0.39 is 0 Å². The summed E-state index contributed by atoms with van der Waals surface area (Å²) in [6.45, 7) is 6.22. The lowest BCUT2D eigenvalue weighted by Gasteiger charge is -2.12. The van der Waals surface area contributed by atoms with Gasteiger partial charge in [0.05, 0.1) is 29.0 Å². The fraction of sp³-hybridized carbons (Fsp3) is 0.152. The number of hydrogen-bond acceptors (Lipinski definition) is 4. The van der Waals surface area contributed by atoms with Crippen LogP contribution in [0.2, 0.25) is 0 Å². The van der Waals surface area contributed by atoms with E-state index in [0.29, 0.717) is 6.42 Å². The molecular formula is C33H32FN5. The molecule has 3 heterocycles. The highest BCUT2D eigenvalue weighted by atomic mass is 19.1. The van der Waals surface area contributed by atoms with E-state index in [-0.39, 0.29) is 5.82 Å². The number of hydrogen-bond donors (Lipinski definition) is 3. The van der Waals surface area contributed by atoms with Crippen molar-refractivity contribution in [3.8, 4) is 35.2 Å². The Morgan fingerprint density at radius 1 is 1.00 bits per heavy atom. The van der Waals surface area contributed by atoms with Gasteiger partial charge in [-0.2, -0.15) is 0 Å². The predicted molar refractivity (Wildman–Crippen MR) is 161 cm³/mol. The first-order chi connectivity index (χ1) is 19.0. The SMILES string of the molecule is C#C.C=C(CCC)Nc1cncc(-c2ccc(NC)c(Cc3cc4c(-c5ccc(F)cc5)cccc4[nH]3)n2)c1. The lowest BCUT2D eigenvalue weighted by atomic mass is 10.0. The number of terminal acetylenes is 1. The highest BCUT2D eigenvalue weighted by Gasteiger charge is 2.12. The summed E-state index contributed by atoms with van der Waals surface area (Å²) in [6.07, 6.45) is 14.2. The molecule has 196 valence electrons. The second-order valence-corrected chi connectivity index (χ2v) is 9.13. The molecule has 0 bridgehead atoms. The van der Waals surface area contributed by atoms with Crippen LogP contribution >= 0.6 is 0 Å². The van der Waals surface area contributed by atoms with Crippen molar-refractivity contribution in [2.75, 3.05) is 17.7 Å². The summed E-state index contributed by atoms with van der Waals surface area (Å²) >= 11 is 0. The molecule has 6 heteroatoms. The quantitative estimate of drug-likeness (QED) is 0.173. The Labute approximate surface area is 229 Å². The number of nitrogens with one attached hydrogen (secondary N) is 3. The second kappa shape index (κ2) is 12.6. The first-order valence-corrected chi connectivity index (χ1v) is 12.8. The Bertz CT molecular complexity index is 1600. The maximum atomic E-state index is 13.5. The van der Waals surface area contributed by atoms with Gasteiger partial charge in [-0.05, 0) is 60.0 Å². The molecular weight excluding hydrogens is 485 g/mol. The molecule has 0 radical (unpaired) electrons. The molecule has 0 saturated heterocycles. The summed E-state index contributed by atoms with van der Waals surface area (Å²) in [5.74, 6) is -0.237.